The molecule has 5 aromatic rings. The summed E-state index contributed by atoms with van der Waals surface area (Å²) >= 11 is 0. The Labute approximate surface area is 196 Å². The smallest absolute Gasteiger partial charge is 0.254 e. The maximum atomic E-state index is 13.7. The highest BCUT2D eigenvalue weighted by molar-refractivity contribution is 5.95. The molecule has 1 aliphatic heterocycles. The van der Waals surface area contributed by atoms with Crippen molar-refractivity contribution in [2.45, 2.75) is 13.0 Å². The van der Waals surface area contributed by atoms with E-state index in [9.17, 15) is 4.79 Å². The third-order valence-electron chi connectivity index (χ3n) is 6.44. The lowest BCUT2D eigenvalue weighted by Crippen LogP contribution is -2.33. The Bertz CT molecular complexity index is 1520. The standard InChI is InChI=1S/C27H24N4O3/c1-30-23-9-5-4-8-22(23)29-26(30)16-31(13-12-19-15-28-21-7-3-2-6-20(19)21)27(32)18-10-11-24-25(14-18)34-17-33-24/h2-11,14-15,28H,12-13,16-17H2,1H3. The molecule has 0 fully saturated rings. The summed E-state index contributed by atoms with van der Waals surface area (Å²) in [6.07, 6.45) is 2.76. The van der Waals surface area contributed by atoms with Crippen LogP contribution in [0.1, 0.15) is 21.7 Å². The van der Waals surface area contributed by atoms with Gasteiger partial charge in [0.05, 0.1) is 17.6 Å². The molecule has 3 heterocycles. The minimum Gasteiger partial charge on any atom is -0.454 e. The van der Waals surface area contributed by atoms with Crippen LogP contribution in [0.4, 0.5) is 0 Å². The van der Waals surface area contributed by atoms with Gasteiger partial charge in [-0.15, -0.1) is 0 Å². The number of benzene rings is 3. The van der Waals surface area contributed by atoms with Crippen molar-refractivity contribution >= 4 is 27.8 Å². The number of aromatic nitrogens is 3. The molecule has 0 unspecified atom stereocenters. The summed E-state index contributed by atoms with van der Waals surface area (Å²) in [5.41, 5.74) is 4.82. The van der Waals surface area contributed by atoms with Crippen molar-refractivity contribution in [1.82, 2.24) is 19.4 Å². The third-order valence-corrected chi connectivity index (χ3v) is 6.44. The minimum atomic E-state index is -0.0646. The van der Waals surface area contributed by atoms with Crippen molar-refractivity contribution in [3.05, 3.63) is 89.9 Å². The molecular formula is C27H24N4O3. The van der Waals surface area contributed by atoms with Gasteiger partial charge in [0.1, 0.15) is 5.82 Å². The molecule has 2 aromatic heterocycles. The normalized spacial score (nSPS) is 12.5. The summed E-state index contributed by atoms with van der Waals surface area (Å²) in [5.74, 6) is 2.04. The Kier molecular flexibility index (Phi) is 4.95. The van der Waals surface area contributed by atoms with Crippen LogP contribution in [0.15, 0.2) is 72.9 Å². The van der Waals surface area contributed by atoms with Gasteiger partial charge in [-0.3, -0.25) is 4.79 Å². The predicted octanol–water partition coefficient (Wildman–Crippen LogP) is 4.67. The zero-order valence-corrected chi connectivity index (χ0v) is 18.8. The van der Waals surface area contributed by atoms with Gasteiger partial charge in [0, 0.05) is 36.3 Å². The van der Waals surface area contributed by atoms with E-state index in [1.165, 1.54) is 10.9 Å². The van der Waals surface area contributed by atoms with Crippen molar-refractivity contribution in [1.29, 1.82) is 0 Å². The molecule has 0 bridgehead atoms. The van der Waals surface area contributed by atoms with Crippen LogP contribution >= 0.6 is 0 Å². The van der Waals surface area contributed by atoms with Gasteiger partial charge in [-0.1, -0.05) is 30.3 Å². The van der Waals surface area contributed by atoms with Crippen LogP contribution in [-0.2, 0) is 20.0 Å². The summed E-state index contributed by atoms with van der Waals surface area (Å²) in [6, 6.07) is 21.6. The van der Waals surface area contributed by atoms with E-state index in [0.29, 0.717) is 30.2 Å². The molecule has 0 aliphatic carbocycles. The molecule has 1 amide bonds. The van der Waals surface area contributed by atoms with Gasteiger partial charge in [-0.25, -0.2) is 4.98 Å². The number of nitrogens with one attached hydrogen (secondary N) is 1. The van der Waals surface area contributed by atoms with Crippen LogP contribution in [0, 0.1) is 0 Å². The Morgan fingerprint density at radius 2 is 1.88 bits per heavy atom. The van der Waals surface area contributed by atoms with Crippen LogP contribution in [0.25, 0.3) is 21.9 Å². The molecule has 0 spiro atoms. The molecule has 6 rings (SSSR count). The highest BCUT2D eigenvalue weighted by atomic mass is 16.7. The summed E-state index contributed by atoms with van der Waals surface area (Å²) in [7, 11) is 1.99. The van der Waals surface area contributed by atoms with E-state index < -0.39 is 0 Å². The largest absolute Gasteiger partial charge is 0.454 e. The second-order valence-electron chi connectivity index (χ2n) is 8.48. The molecule has 0 radical (unpaired) electrons. The lowest BCUT2D eigenvalue weighted by atomic mass is 10.1. The van der Waals surface area contributed by atoms with Crippen LogP contribution in [0.3, 0.4) is 0 Å². The Morgan fingerprint density at radius 1 is 1.06 bits per heavy atom. The molecule has 34 heavy (non-hydrogen) atoms. The van der Waals surface area contributed by atoms with E-state index in [0.717, 1.165) is 28.8 Å². The van der Waals surface area contributed by atoms with E-state index in [1.807, 2.05) is 54.5 Å². The minimum absolute atomic E-state index is 0.0646. The number of imidazole rings is 1. The maximum Gasteiger partial charge on any atom is 0.254 e. The van der Waals surface area contributed by atoms with Gasteiger partial charge in [-0.05, 0) is 48.4 Å². The second-order valence-corrected chi connectivity index (χ2v) is 8.48. The highest BCUT2D eigenvalue weighted by Gasteiger charge is 2.22. The summed E-state index contributed by atoms with van der Waals surface area (Å²) in [5, 5.41) is 1.18. The topological polar surface area (TPSA) is 72.4 Å². The number of aryl methyl sites for hydroxylation is 1. The maximum absolute atomic E-state index is 13.7. The number of carbonyl (C=O) groups is 1. The van der Waals surface area contributed by atoms with Gasteiger partial charge in [0.25, 0.3) is 5.91 Å². The quantitative estimate of drug-likeness (QED) is 0.406. The Balaban J connectivity index is 1.32. The first-order valence-electron chi connectivity index (χ1n) is 11.3. The molecule has 7 nitrogen and oxygen atoms in total. The fourth-order valence-corrected chi connectivity index (χ4v) is 4.57. The first-order chi connectivity index (χ1) is 16.7. The number of hydrogen-bond acceptors (Lipinski definition) is 4. The van der Waals surface area contributed by atoms with Crippen LogP contribution in [0.5, 0.6) is 11.5 Å². The van der Waals surface area contributed by atoms with E-state index in [2.05, 4.69) is 21.7 Å². The number of hydrogen-bond donors (Lipinski definition) is 1. The van der Waals surface area contributed by atoms with Crippen LogP contribution in [-0.4, -0.2) is 38.7 Å². The molecule has 0 atom stereocenters. The number of H-pyrrole nitrogens is 1. The molecule has 3 aromatic carbocycles. The number of ether oxygens (including phenoxy) is 2. The molecule has 0 saturated heterocycles. The van der Waals surface area contributed by atoms with Crippen molar-refractivity contribution in [2.75, 3.05) is 13.3 Å². The molecule has 1 aliphatic rings. The van der Waals surface area contributed by atoms with Crippen molar-refractivity contribution in [2.24, 2.45) is 7.05 Å². The van der Waals surface area contributed by atoms with Gasteiger partial charge in [-0.2, -0.15) is 0 Å². The number of para-hydroxylation sites is 3. The molecular weight excluding hydrogens is 428 g/mol. The first-order valence-corrected chi connectivity index (χ1v) is 11.3. The van der Waals surface area contributed by atoms with E-state index in [1.54, 1.807) is 18.2 Å². The Morgan fingerprint density at radius 3 is 2.79 bits per heavy atom. The number of fused-ring (bicyclic) bond motifs is 3. The molecule has 1 N–H and O–H groups in total. The summed E-state index contributed by atoms with van der Waals surface area (Å²) in [4.78, 5) is 23.7. The van der Waals surface area contributed by atoms with E-state index in [4.69, 9.17) is 14.5 Å². The Hall–Kier alpha value is -4.26. The number of nitrogens with zero attached hydrogens (tertiary/aromatic N) is 3. The fourth-order valence-electron chi connectivity index (χ4n) is 4.57. The van der Waals surface area contributed by atoms with Gasteiger partial charge in [0.2, 0.25) is 6.79 Å². The van der Waals surface area contributed by atoms with Crippen LogP contribution < -0.4 is 9.47 Å². The third kappa shape index (κ3) is 3.55. The van der Waals surface area contributed by atoms with Crippen molar-refractivity contribution in [3.63, 3.8) is 0 Å². The second kappa shape index (κ2) is 8.26. The van der Waals surface area contributed by atoms with Gasteiger partial charge < -0.3 is 23.9 Å². The lowest BCUT2D eigenvalue weighted by Gasteiger charge is -2.23. The van der Waals surface area contributed by atoms with Crippen LogP contribution in [0.2, 0.25) is 0 Å². The monoisotopic (exact) mass is 452 g/mol. The molecule has 7 heteroatoms. The van der Waals surface area contributed by atoms with Gasteiger partial charge >= 0.3 is 0 Å². The first kappa shape index (κ1) is 20.4. The molecule has 0 saturated carbocycles. The molecule has 170 valence electrons. The number of aromatic amines is 1. The highest BCUT2D eigenvalue weighted by Crippen LogP contribution is 2.33. The van der Waals surface area contributed by atoms with Crippen molar-refractivity contribution < 1.29 is 14.3 Å². The lowest BCUT2D eigenvalue weighted by molar-refractivity contribution is 0.0739. The SMILES string of the molecule is Cn1c(CN(CCc2c[nH]c3ccccc23)C(=O)c2ccc3c(c2)OCO3)nc2ccccc21. The fraction of sp³-hybridized carbons (Fsp3) is 0.185. The zero-order chi connectivity index (χ0) is 23.1. The van der Waals surface area contributed by atoms with Gasteiger partial charge in [0.15, 0.2) is 11.5 Å². The number of amides is 1. The zero-order valence-electron chi connectivity index (χ0n) is 18.8. The van der Waals surface area contributed by atoms with Crippen molar-refractivity contribution in [3.8, 4) is 11.5 Å². The average Bonchev–Trinajstić information content (AvgIpc) is 3.58. The average molecular weight is 453 g/mol. The summed E-state index contributed by atoms with van der Waals surface area (Å²) < 4.78 is 13.0. The van der Waals surface area contributed by atoms with E-state index >= 15 is 0 Å². The van der Waals surface area contributed by atoms with E-state index in [-0.39, 0.29) is 12.7 Å². The predicted molar refractivity (Wildman–Crippen MR) is 130 cm³/mol. The summed E-state index contributed by atoms with van der Waals surface area (Å²) in [6.45, 7) is 1.14. The number of carbonyl (C=O) groups excluding carboxylic acids is 1. The number of rotatable bonds is 6.